The maximum absolute atomic E-state index is 13.7. The van der Waals surface area contributed by atoms with Crippen LogP contribution in [0.2, 0.25) is 5.15 Å². The number of hydrogen-bond acceptors (Lipinski definition) is 6. The van der Waals surface area contributed by atoms with Gasteiger partial charge in [0.15, 0.2) is 0 Å². The summed E-state index contributed by atoms with van der Waals surface area (Å²) in [5, 5.41) is 4.47. The van der Waals surface area contributed by atoms with Crippen LogP contribution in [0.25, 0.3) is 10.9 Å². The van der Waals surface area contributed by atoms with Gasteiger partial charge in [-0.15, -0.1) is 0 Å². The standard InChI is InChI=1S/C29H29ClF3N5O/c1-20-14-27(25-4-2-3-5-26(25)35-20)36-23-15-22(29(31,32)33)16-24(17-23)39-13-12-37-8-10-38(11-9-37)19-21-6-7-28(30)34-18-21/h2-7,14-18H,8-13,19H2,1H3,(H,35,36). The number of nitrogens with one attached hydrogen (secondary N) is 1. The SMILES string of the molecule is Cc1cc(Nc2cc(OCCN3CCN(Cc4ccc(Cl)nc4)CC3)cc(C(F)(F)F)c2)c2ccccc2n1. The van der Waals surface area contributed by atoms with Crippen LogP contribution in [0.15, 0.2) is 66.9 Å². The predicted octanol–water partition coefficient (Wildman–Crippen LogP) is 6.55. The second kappa shape index (κ2) is 11.8. The number of hydrogen-bond donors (Lipinski definition) is 1. The first-order valence-corrected chi connectivity index (χ1v) is 13.1. The third-order valence-electron chi connectivity index (χ3n) is 6.69. The van der Waals surface area contributed by atoms with Crippen LogP contribution < -0.4 is 10.1 Å². The fourth-order valence-corrected chi connectivity index (χ4v) is 4.82. The average molecular weight is 556 g/mol. The van der Waals surface area contributed by atoms with Crippen LogP contribution in [0.1, 0.15) is 16.8 Å². The van der Waals surface area contributed by atoms with Crippen molar-refractivity contribution in [1.82, 2.24) is 19.8 Å². The smallest absolute Gasteiger partial charge is 0.416 e. The Hall–Kier alpha value is -3.40. The number of nitrogens with zero attached hydrogens (tertiary/aromatic N) is 4. The van der Waals surface area contributed by atoms with Crippen LogP contribution in [-0.2, 0) is 12.7 Å². The fourth-order valence-electron chi connectivity index (χ4n) is 4.71. The van der Waals surface area contributed by atoms with Crippen molar-refractivity contribution in [2.24, 2.45) is 0 Å². The van der Waals surface area contributed by atoms with E-state index in [0.717, 1.165) is 67.0 Å². The highest BCUT2D eigenvalue weighted by atomic mass is 35.5. The van der Waals surface area contributed by atoms with Gasteiger partial charge < -0.3 is 10.1 Å². The van der Waals surface area contributed by atoms with E-state index < -0.39 is 11.7 Å². The van der Waals surface area contributed by atoms with Crippen molar-refractivity contribution in [3.8, 4) is 5.75 Å². The van der Waals surface area contributed by atoms with Gasteiger partial charge >= 0.3 is 6.18 Å². The second-order valence-corrected chi connectivity index (χ2v) is 10.0. The molecule has 3 heterocycles. The minimum Gasteiger partial charge on any atom is -0.492 e. The van der Waals surface area contributed by atoms with Gasteiger partial charge in [0.25, 0.3) is 0 Å². The van der Waals surface area contributed by atoms with Crippen molar-refractivity contribution in [3.05, 3.63) is 88.8 Å². The van der Waals surface area contributed by atoms with Crippen LogP contribution in [0.4, 0.5) is 24.5 Å². The lowest BCUT2D eigenvalue weighted by atomic mass is 10.1. The number of benzene rings is 2. The summed E-state index contributed by atoms with van der Waals surface area (Å²) < 4.78 is 47.0. The van der Waals surface area contributed by atoms with Gasteiger partial charge in [-0.25, -0.2) is 4.98 Å². The summed E-state index contributed by atoms with van der Waals surface area (Å²) in [4.78, 5) is 13.2. The van der Waals surface area contributed by atoms with Crippen LogP contribution in [-0.4, -0.2) is 59.1 Å². The first-order chi connectivity index (χ1) is 18.7. The monoisotopic (exact) mass is 555 g/mol. The average Bonchev–Trinajstić information content (AvgIpc) is 2.90. The van der Waals surface area contributed by atoms with Gasteiger partial charge in [-0.3, -0.25) is 14.8 Å². The quantitative estimate of drug-likeness (QED) is 0.249. The zero-order valence-corrected chi connectivity index (χ0v) is 22.3. The largest absolute Gasteiger partial charge is 0.492 e. The predicted molar refractivity (Wildman–Crippen MR) is 148 cm³/mol. The van der Waals surface area contributed by atoms with Gasteiger partial charge in [-0.05, 0) is 42.8 Å². The van der Waals surface area contributed by atoms with Gasteiger partial charge in [-0.2, -0.15) is 13.2 Å². The molecule has 0 unspecified atom stereocenters. The lowest BCUT2D eigenvalue weighted by Gasteiger charge is -2.34. The number of pyridine rings is 2. The molecule has 0 atom stereocenters. The Bertz CT molecular complexity index is 1420. The zero-order valence-electron chi connectivity index (χ0n) is 21.5. The topological polar surface area (TPSA) is 53.5 Å². The molecule has 5 rings (SSSR count). The zero-order chi connectivity index (χ0) is 27.4. The van der Waals surface area contributed by atoms with E-state index in [4.69, 9.17) is 16.3 Å². The molecule has 1 saturated heterocycles. The van der Waals surface area contributed by atoms with Crippen LogP contribution >= 0.6 is 11.6 Å². The van der Waals surface area contributed by atoms with Gasteiger partial charge in [0.1, 0.15) is 17.5 Å². The van der Waals surface area contributed by atoms with E-state index in [9.17, 15) is 13.2 Å². The molecule has 10 heteroatoms. The van der Waals surface area contributed by atoms with Crippen LogP contribution in [0.3, 0.4) is 0 Å². The first kappa shape index (κ1) is 27.2. The lowest BCUT2D eigenvalue weighted by molar-refractivity contribution is -0.137. The molecule has 1 aliphatic rings. The molecule has 6 nitrogen and oxygen atoms in total. The van der Waals surface area contributed by atoms with E-state index in [0.29, 0.717) is 29.7 Å². The van der Waals surface area contributed by atoms with Crippen molar-refractivity contribution >= 4 is 33.9 Å². The van der Waals surface area contributed by atoms with Crippen LogP contribution in [0, 0.1) is 6.92 Å². The molecule has 1 N–H and O–H groups in total. The number of piperazine rings is 1. The molecule has 204 valence electrons. The molecule has 39 heavy (non-hydrogen) atoms. The van der Waals surface area contributed by atoms with E-state index in [1.807, 2.05) is 43.3 Å². The molecule has 0 amide bonds. The van der Waals surface area contributed by atoms with Crippen molar-refractivity contribution in [2.45, 2.75) is 19.6 Å². The summed E-state index contributed by atoms with van der Waals surface area (Å²) in [7, 11) is 0. The Labute approximate surface area is 230 Å². The molecule has 4 aromatic rings. The Kier molecular flexibility index (Phi) is 8.20. The van der Waals surface area contributed by atoms with Crippen molar-refractivity contribution < 1.29 is 17.9 Å². The number of para-hydroxylation sites is 1. The summed E-state index contributed by atoms with van der Waals surface area (Å²) in [6.07, 6.45) is -2.71. The Balaban J connectivity index is 1.21. The van der Waals surface area contributed by atoms with E-state index in [1.165, 1.54) is 0 Å². The summed E-state index contributed by atoms with van der Waals surface area (Å²) in [5.74, 6) is 0.177. The molecule has 1 aliphatic heterocycles. The summed E-state index contributed by atoms with van der Waals surface area (Å²) in [6, 6.07) is 16.9. The highest BCUT2D eigenvalue weighted by Gasteiger charge is 2.31. The first-order valence-electron chi connectivity index (χ1n) is 12.8. The molecule has 0 aliphatic carbocycles. The number of fused-ring (bicyclic) bond motifs is 1. The number of alkyl halides is 3. The normalized spacial score (nSPS) is 15.0. The number of rotatable bonds is 8. The summed E-state index contributed by atoms with van der Waals surface area (Å²) in [6.45, 7) is 7.07. The number of aromatic nitrogens is 2. The van der Waals surface area contributed by atoms with Crippen LogP contribution in [0.5, 0.6) is 5.75 Å². The third-order valence-corrected chi connectivity index (χ3v) is 6.92. The van der Waals surface area contributed by atoms with Gasteiger partial charge in [-0.1, -0.05) is 35.9 Å². The molecule has 2 aromatic carbocycles. The Morgan fingerprint density at radius 3 is 2.49 bits per heavy atom. The maximum atomic E-state index is 13.7. The maximum Gasteiger partial charge on any atom is 0.416 e. The van der Waals surface area contributed by atoms with Crippen molar-refractivity contribution in [2.75, 3.05) is 44.6 Å². The number of ether oxygens (including phenoxy) is 1. The van der Waals surface area contributed by atoms with E-state index in [2.05, 4.69) is 25.1 Å². The minimum atomic E-state index is -4.50. The molecule has 0 radical (unpaired) electrons. The van der Waals surface area contributed by atoms with Gasteiger partial charge in [0.05, 0.1) is 11.1 Å². The molecule has 2 aromatic heterocycles. The van der Waals surface area contributed by atoms with Gasteiger partial charge in [0, 0.05) is 74.0 Å². The number of anilines is 2. The van der Waals surface area contributed by atoms with E-state index >= 15 is 0 Å². The third kappa shape index (κ3) is 7.17. The van der Waals surface area contributed by atoms with E-state index in [-0.39, 0.29) is 5.75 Å². The van der Waals surface area contributed by atoms with Gasteiger partial charge in [0.2, 0.25) is 0 Å². The molecular weight excluding hydrogens is 527 g/mol. The molecule has 0 saturated carbocycles. The Morgan fingerprint density at radius 1 is 0.974 bits per heavy atom. The fraction of sp³-hybridized carbons (Fsp3) is 0.310. The van der Waals surface area contributed by atoms with Crippen molar-refractivity contribution in [1.29, 1.82) is 0 Å². The van der Waals surface area contributed by atoms with E-state index in [1.54, 1.807) is 18.3 Å². The highest BCUT2D eigenvalue weighted by Crippen LogP contribution is 2.36. The summed E-state index contributed by atoms with van der Waals surface area (Å²) >= 11 is 5.86. The number of halogens is 4. The minimum absolute atomic E-state index is 0.177. The second-order valence-electron chi connectivity index (χ2n) is 9.65. The molecule has 0 spiro atoms. The Morgan fingerprint density at radius 2 is 1.74 bits per heavy atom. The molecule has 1 fully saturated rings. The summed E-state index contributed by atoms with van der Waals surface area (Å²) in [5.41, 5.74) is 2.89. The highest BCUT2D eigenvalue weighted by molar-refractivity contribution is 6.29. The number of aryl methyl sites for hydroxylation is 1. The lowest BCUT2D eigenvalue weighted by Crippen LogP contribution is -2.47. The van der Waals surface area contributed by atoms with Crippen molar-refractivity contribution in [3.63, 3.8) is 0 Å². The molecule has 0 bridgehead atoms. The molecular formula is C29H29ClF3N5O.